The number of hydrogen-bond donors (Lipinski definition) is 2. The van der Waals surface area contributed by atoms with Crippen molar-refractivity contribution in [1.29, 1.82) is 0 Å². The highest BCUT2D eigenvalue weighted by molar-refractivity contribution is 5.97. The molecule has 2 aliphatic rings. The summed E-state index contributed by atoms with van der Waals surface area (Å²) in [6.45, 7) is 0.990. The summed E-state index contributed by atoms with van der Waals surface area (Å²) in [6.07, 6.45) is 5.49. The topological polar surface area (TPSA) is 54.0 Å². The van der Waals surface area contributed by atoms with Crippen molar-refractivity contribution < 1.29 is 4.79 Å². The Labute approximate surface area is 124 Å². The molecule has 21 heavy (non-hydrogen) atoms. The molecule has 4 nitrogen and oxygen atoms in total. The Morgan fingerprint density at radius 2 is 2.24 bits per heavy atom. The van der Waals surface area contributed by atoms with Crippen LogP contribution in [0.25, 0.3) is 10.9 Å². The second-order valence-corrected chi connectivity index (χ2v) is 6.14. The van der Waals surface area contributed by atoms with Crippen LogP contribution in [0.5, 0.6) is 0 Å². The molecule has 108 valence electrons. The summed E-state index contributed by atoms with van der Waals surface area (Å²) in [4.78, 5) is 16.8. The molecule has 3 unspecified atom stereocenters. The van der Waals surface area contributed by atoms with Crippen LogP contribution in [0, 0.1) is 11.8 Å². The maximum absolute atomic E-state index is 12.5. The number of benzene rings is 1. The largest absolute Gasteiger partial charge is 0.325 e. The minimum absolute atomic E-state index is 0.0258. The lowest BCUT2D eigenvalue weighted by Gasteiger charge is -2.17. The lowest BCUT2D eigenvalue weighted by molar-refractivity contribution is -0.118. The fraction of sp³-hybridized carbons (Fsp3) is 0.412. The van der Waals surface area contributed by atoms with Gasteiger partial charge < -0.3 is 10.6 Å². The first-order chi connectivity index (χ1) is 10.3. The minimum Gasteiger partial charge on any atom is -0.325 e. The van der Waals surface area contributed by atoms with Crippen molar-refractivity contribution in [2.24, 2.45) is 11.8 Å². The maximum atomic E-state index is 12.5. The quantitative estimate of drug-likeness (QED) is 0.889. The smallest absolute Gasteiger partial charge is 0.241 e. The van der Waals surface area contributed by atoms with E-state index in [-0.39, 0.29) is 11.9 Å². The number of carbonyl (C=O) groups excluding carboxylic acids is 1. The summed E-state index contributed by atoms with van der Waals surface area (Å²) in [6, 6.07) is 9.76. The molecular formula is C17H19N3O. The highest BCUT2D eigenvalue weighted by Gasteiger charge is 2.42. The summed E-state index contributed by atoms with van der Waals surface area (Å²) >= 11 is 0. The van der Waals surface area contributed by atoms with Gasteiger partial charge in [0, 0.05) is 17.3 Å². The predicted molar refractivity (Wildman–Crippen MR) is 83.0 cm³/mol. The first-order valence-corrected chi connectivity index (χ1v) is 7.70. The van der Waals surface area contributed by atoms with E-state index in [9.17, 15) is 4.79 Å². The minimum atomic E-state index is -0.0258. The van der Waals surface area contributed by atoms with Crippen molar-refractivity contribution in [1.82, 2.24) is 10.3 Å². The fourth-order valence-corrected chi connectivity index (χ4v) is 3.85. The number of fused-ring (bicyclic) bond motifs is 2. The highest BCUT2D eigenvalue weighted by Crippen LogP contribution is 2.38. The lowest BCUT2D eigenvalue weighted by atomic mass is 9.93. The normalized spacial score (nSPS) is 27.7. The average Bonchev–Trinajstić information content (AvgIpc) is 3.09. The van der Waals surface area contributed by atoms with Gasteiger partial charge in [-0.3, -0.25) is 9.78 Å². The van der Waals surface area contributed by atoms with E-state index < -0.39 is 0 Å². The van der Waals surface area contributed by atoms with Crippen LogP contribution in [-0.2, 0) is 4.79 Å². The molecule has 1 amide bonds. The number of nitrogens with zero attached hydrogens (tertiary/aromatic N) is 1. The molecule has 1 saturated carbocycles. The second kappa shape index (κ2) is 5.11. The number of aromatic nitrogens is 1. The maximum Gasteiger partial charge on any atom is 0.241 e. The fourth-order valence-electron chi connectivity index (χ4n) is 3.85. The third kappa shape index (κ3) is 2.29. The van der Waals surface area contributed by atoms with Crippen molar-refractivity contribution in [3.05, 3.63) is 36.5 Å². The Morgan fingerprint density at radius 3 is 3.19 bits per heavy atom. The van der Waals surface area contributed by atoms with Crippen LogP contribution >= 0.6 is 0 Å². The van der Waals surface area contributed by atoms with E-state index in [0.717, 1.165) is 23.1 Å². The predicted octanol–water partition coefficient (Wildman–Crippen LogP) is 2.56. The molecule has 0 bridgehead atoms. The lowest BCUT2D eigenvalue weighted by Crippen LogP contribution is -2.39. The van der Waals surface area contributed by atoms with Gasteiger partial charge in [0.2, 0.25) is 5.91 Å². The Kier molecular flexibility index (Phi) is 3.11. The molecule has 4 heteroatoms. The molecule has 4 rings (SSSR count). The van der Waals surface area contributed by atoms with Crippen LogP contribution in [-0.4, -0.2) is 23.5 Å². The Hall–Kier alpha value is -1.94. The van der Waals surface area contributed by atoms with Crippen molar-refractivity contribution >= 4 is 22.5 Å². The van der Waals surface area contributed by atoms with Crippen LogP contribution in [0.3, 0.4) is 0 Å². The van der Waals surface area contributed by atoms with Gasteiger partial charge in [-0.05, 0) is 55.5 Å². The van der Waals surface area contributed by atoms with Crippen molar-refractivity contribution in [3.63, 3.8) is 0 Å². The van der Waals surface area contributed by atoms with Crippen LogP contribution in [0.1, 0.15) is 19.3 Å². The molecule has 1 aromatic heterocycles. The van der Waals surface area contributed by atoms with E-state index in [1.165, 1.54) is 19.3 Å². The van der Waals surface area contributed by atoms with E-state index in [1.54, 1.807) is 6.20 Å². The monoisotopic (exact) mass is 281 g/mol. The van der Waals surface area contributed by atoms with Crippen LogP contribution in [0.15, 0.2) is 36.5 Å². The van der Waals surface area contributed by atoms with Crippen molar-refractivity contribution in [3.8, 4) is 0 Å². The molecule has 2 heterocycles. The molecule has 0 spiro atoms. The highest BCUT2D eigenvalue weighted by atomic mass is 16.2. The molecule has 1 aliphatic carbocycles. The average molecular weight is 281 g/mol. The molecule has 1 aliphatic heterocycles. The van der Waals surface area contributed by atoms with E-state index in [4.69, 9.17) is 0 Å². The molecule has 2 aromatic rings. The first kappa shape index (κ1) is 12.8. The van der Waals surface area contributed by atoms with E-state index in [1.807, 2.05) is 30.3 Å². The number of pyridine rings is 1. The van der Waals surface area contributed by atoms with E-state index in [0.29, 0.717) is 11.8 Å². The Morgan fingerprint density at radius 1 is 1.29 bits per heavy atom. The summed E-state index contributed by atoms with van der Waals surface area (Å²) in [5.74, 6) is 1.32. The number of rotatable bonds is 2. The number of carbonyl (C=O) groups is 1. The van der Waals surface area contributed by atoms with Gasteiger partial charge in [-0.1, -0.05) is 12.5 Å². The van der Waals surface area contributed by atoms with Gasteiger partial charge >= 0.3 is 0 Å². The summed E-state index contributed by atoms with van der Waals surface area (Å²) < 4.78 is 0. The zero-order chi connectivity index (χ0) is 14.2. The molecular weight excluding hydrogens is 262 g/mol. The standard InChI is InChI=1S/C17H19N3O/c21-17(16-14-5-1-3-12(14)10-19-16)20-13-6-7-15-11(9-13)4-2-8-18-15/h2,4,6-9,12,14,16,19H,1,3,5,10H2,(H,20,21). The van der Waals surface area contributed by atoms with Gasteiger partial charge in [-0.25, -0.2) is 0 Å². The summed E-state index contributed by atoms with van der Waals surface area (Å²) in [5.41, 5.74) is 1.80. The SMILES string of the molecule is O=C(Nc1ccc2ncccc2c1)C1NCC2CCCC21. The molecule has 1 aromatic carbocycles. The summed E-state index contributed by atoms with van der Waals surface area (Å²) in [5, 5.41) is 7.50. The van der Waals surface area contributed by atoms with Crippen LogP contribution in [0.2, 0.25) is 0 Å². The zero-order valence-corrected chi connectivity index (χ0v) is 11.9. The molecule has 2 fully saturated rings. The molecule has 3 atom stereocenters. The van der Waals surface area contributed by atoms with Crippen molar-refractivity contribution in [2.45, 2.75) is 25.3 Å². The van der Waals surface area contributed by atoms with Crippen LogP contribution in [0.4, 0.5) is 5.69 Å². The van der Waals surface area contributed by atoms with E-state index in [2.05, 4.69) is 15.6 Å². The Bertz CT molecular complexity index is 685. The number of amides is 1. The third-order valence-electron chi connectivity index (χ3n) is 4.90. The molecule has 1 saturated heterocycles. The van der Waals surface area contributed by atoms with Gasteiger partial charge in [-0.15, -0.1) is 0 Å². The van der Waals surface area contributed by atoms with Crippen LogP contribution < -0.4 is 10.6 Å². The first-order valence-electron chi connectivity index (χ1n) is 7.70. The van der Waals surface area contributed by atoms with Gasteiger partial charge in [-0.2, -0.15) is 0 Å². The number of anilines is 1. The van der Waals surface area contributed by atoms with Gasteiger partial charge in [0.05, 0.1) is 11.6 Å². The van der Waals surface area contributed by atoms with Gasteiger partial charge in [0.15, 0.2) is 0 Å². The number of nitrogens with one attached hydrogen (secondary N) is 2. The number of hydrogen-bond acceptors (Lipinski definition) is 3. The third-order valence-corrected chi connectivity index (χ3v) is 4.90. The zero-order valence-electron chi connectivity index (χ0n) is 11.9. The Balaban J connectivity index is 1.52. The van der Waals surface area contributed by atoms with E-state index >= 15 is 0 Å². The second-order valence-electron chi connectivity index (χ2n) is 6.14. The van der Waals surface area contributed by atoms with Gasteiger partial charge in [0.25, 0.3) is 0 Å². The van der Waals surface area contributed by atoms with Crippen molar-refractivity contribution in [2.75, 3.05) is 11.9 Å². The van der Waals surface area contributed by atoms with Gasteiger partial charge in [0.1, 0.15) is 0 Å². The molecule has 0 radical (unpaired) electrons. The summed E-state index contributed by atoms with van der Waals surface area (Å²) in [7, 11) is 0. The molecule has 2 N–H and O–H groups in total.